The molecule has 1 aliphatic heterocycles. The fourth-order valence-corrected chi connectivity index (χ4v) is 2.11. The zero-order valence-electron chi connectivity index (χ0n) is 12.8. The lowest BCUT2D eigenvalue weighted by molar-refractivity contribution is -0.124. The molecule has 1 saturated heterocycles. The summed E-state index contributed by atoms with van der Waals surface area (Å²) < 4.78 is 5.20. The summed E-state index contributed by atoms with van der Waals surface area (Å²) in [4.78, 5) is 22.5. The van der Waals surface area contributed by atoms with Gasteiger partial charge in [0.05, 0.1) is 12.5 Å². The minimum absolute atomic E-state index is 0.000522. The van der Waals surface area contributed by atoms with Crippen LogP contribution < -0.4 is 15.5 Å². The van der Waals surface area contributed by atoms with Crippen molar-refractivity contribution in [3.63, 3.8) is 0 Å². The van der Waals surface area contributed by atoms with Crippen molar-refractivity contribution in [2.75, 3.05) is 50.6 Å². The smallest absolute Gasteiger partial charge is 0.225 e. The summed E-state index contributed by atoms with van der Waals surface area (Å²) >= 11 is 0. The van der Waals surface area contributed by atoms with Gasteiger partial charge < -0.3 is 20.3 Å². The van der Waals surface area contributed by atoms with Crippen molar-refractivity contribution in [1.29, 1.82) is 0 Å². The van der Waals surface area contributed by atoms with E-state index >= 15 is 0 Å². The molecule has 2 N–H and O–H groups in total. The third-order valence-corrected chi connectivity index (χ3v) is 3.31. The van der Waals surface area contributed by atoms with Gasteiger partial charge in [-0.25, -0.2) is 4.98 Å². The maximum absolute atomic E-state index is 11.8. The van der Waals surface area contributed by atoms with Crippen molar-refractivity contribution >= 4 is 17.7 Å². The molecule has 1 aromatic heterocycles. The van der Waals surface area contributed by atoms with Crippen LogP contribution >= 0.6 is 0 Å². The lowest BCUT2D eigenvalue weighted by Crippen LogP contribution is -2.34. The summed E-state index contributed by atoms with van der Waals surface area (Å²) in [5.41, 5.74) is 0.906. The van der Waals surface area contributed by atoms with E-state index < -0.39 is 0 Å². The molecule has 2 heterocycles. The Morgan fingerprint density at radius 2 is 2.24 bits per heavy atom. The van der Waals surface area contributed by atoms with Crippen LogP contribution in [0.5, 0.6) is 0 Å². The van der Waals surface area contributed by atoms with E-state index in [9.17, 15) is 4.79 Å². The molecule has 0 radical (unpaired) electrons. The van der Waals surface area contributed by atoms with Crippen molar-refractivity contribution in [1.82, 2.24) is 15.3 Å². The summed E-state index contributed by atoms with van der Waals surface area (Å²) in [6, 6.07) is 1.92. The SMILES string of the molecule is Cc1cc(N(C)C)nc(NCCNC(=O)C2CCOC2)n1. The largest absolute Gasteiger partial charge is 0.381 e. The van der Waals surface area contributed by atoms with Crippen LogP contribution in [0.4, 0.5) is 11.8 Å². The fourth-order valence-electron chi connectivity index (χ4n) is 2.11. The Morgan fingerprint density at radius 1 is 1.43 bits per heavy atom. The third-order valence-electron chi connectivity index (χ3n) is 3.31. The predicted molar refractivity (Wildman–Crippen MR) is 81.5 cm³/mol. The average Bonchev–Trinajstić information content (AvgIpc) is 2.97. The Balaban J connectivity index is 1.76. The number of nitrogens with one attached hydrogen (secondary N) is 2. The maximum atomic E-state index is 11.8. The molecule has 1 amide bonds. The van der Waals surface area contributed by atoms with Gasteiger partial charge in [-0.15, -0.1) is 0 Å². The Labute approximate surface area is 125 Å². The molecule has 1 atom stereocenters. The summed E-state index contributed by atoms with van der Waals surface area (Å²) in [7, 11) is 3.88. The van der Waals surface area contributed by atoms with Crippen molar-refractivity contribution in [2.24, 2.45) is 5.92 Å². The molecule has 7 nitrogen and oxygen atoms in total. The van der Waals surface area contributed by atoms with Crippen LogP contribution in [0.2, 0.25) is 0 Å². The second kappa shape index (κ2) is 7.21. The Hall–Kier alpha value is -1.89. The van der Waals surface area contributed by atoms with Crippen molar-refractivity contribution in [2.45, 2.75) is 13.3 Å². The van der Waals surface area contributed by atoms with Gasteiger partial charge in [0.2, 0.25) is 11.9 Å². The molecule has 1 aliphatic rings. The average molecular weight is 293 g/mol. The first-order chi connectivity index (χ1) is 10.1. The van der Waals surface area contributed by atoms with E-state index in [0.29, 0.717) is 32.3 Å². The summed E-state index contributed by atoms with van der Waals surface area (Å²) in [6.07, 6.45) is 0.812. The minimum atomic E-state index is 0.000522. The number of carbonyl (C=O) groups is 1. The molecule has 1 unspecified atom stereocenters. The normalized spacial score (nSPS) is 17.6. The first kappa shape index (κ1) is 15.5. The first-order valence-electron chi connectivity index (χ1n) is 7.18. The molecule has 0 aliphatic carbocycles. The number of aryl methyl sites for hydroxylation is 1. The van der Waals surface area contributed by atoms with Gasteiger partial charge in [0.15, 0.2) is 0 Å². The Bertz CT molecular complexity index is 486. The molecule has 1 aromatic rings. The van der Waals surface area contributed by atoms with Gasteiger partial charge in [0.25, 0.3) is 0 Å². The van der Waals surface area contributed by atoms with Gasteiger partial charge in [-0.05, 0) is 13.3 Å². The van der Waals surface area contributed by atoms with Crippen LogP contribution in [0, 0.1) is 12.8 Å². The van der Waals surface area contributed by atoms with Crippen LogP contribution in [0.3, 0.4) is 0 Å². The molecular formula is C14H23N5O2. The van der Waals surface area contributed by atoms with E-state index in [1.54, 1.807) is 0 Å². The molecule has 0 spiro atoms. The minimum Gasteiger partial charge on any atom is -0.381 e. The maximum Gasteiger partial charge on any atom is 0.225 e. The van der Waals surface area contributed by atoms with Crippen LogP contribution in [-0.4, -0.2) is 56.3 Å². The first-order valence-corrected chi connectivity index (χ1v) is 7.18. The number of carbonyl (C=O) groups excluding carboxylic acids is 1. The number of ether oxygens (including phenoxy) is 1. The van der Waals surface area contributed by atoms with Crippen molar-refractivity contribution in [3.8, 4) is 0 Å². The van der Waals surface area contributed by atoms with Crippen molar-refractivity contribution < 1.29 is 9.53 Å². The highest BCUT2D eigenvalue weighted by Crippen LogP contribution is 2.12. The molecule has 1 fully saturated rings. The Morgan fingerprint density at radius 3 is 2.90 bits per heavy atom. The van der Waals surface area contributed by atoms with Gasteiger partial charge >= 0.3 is 0 Å². The number of hydrogen-bond acceptors (Lipinski definition) is 6. The van der Waals surface area contributed by atoms with E-state index in [1.165, 1.54) is 0 Å². The highest BCUT2D eigenvalue weighted by molar-refractivity contribution is 5.79. The van der Waals surface area contributed by atoms with E-state index in [0.717, 1.165) is 17.9 Å². The molecule has 0 bridgehead atoms. The second-order valence-electron chi connectivity index (χ2n) is 5.36. The standard InChI is InChI=1S/C14H23N5O2/c1-10-8-12(19(2)3)18-14(17-10)16-6-5-15-13(20)11-4-7-21-9-11/h8,11H,4-7,9H2,1-3H3,(H,15,20)(H,16,17,18). The molecule has 7 heteroatoms. The summed E-state index contributed by atoms with van der Waals surface area (Å²) in [6.45, 7) is 4.29. The third kappa shape index (κ3) is 4.56. The van der Waals surface area contributed by atoms with Crippen LogP contribution in [0.15, 0.2) is 6.07 Å². The van der Waals surface area contributed by atoms with Gasteiger partial charge in [-0.2, -0.15) is 4.98 Å². The predicted octanol–water partition coefficient (Wildman–Crippen LogP) is 0.416. The van der Waals surface area contributed by atoms with E-state index in [4.69, 9.17) is 4.74 Å². The van der Waals surface area contributed by atoms with Gasteiger partial charge in [0, 0.05) is 45.6 Å². The quantitative estimate of drug-likeness (QED) is 0.740. The lowest BCUT2D eigenvalue weighted by atomic mass is 10.1. The fraction of sp³-hybridized carbons (Fsp3) is 0.643. The number of rotatable bonds is 6. The number of hydrogen-bond donors (Lipinski definition) is 2. The van der Waals surface area contributed by atoms with Crippen molar-refractivity contribution in [3.05, 3.63) is 11.8 Å². The second-order valence-corrected chi connectivity index (χ2v) is 5.36. The molecule has 116 valence electrons. The molecular weight excluding hydrogens is 270 g/mol. The monoisotopic (exact) mass is 293 g/mol. The lowest BCUT2D eigenvalue weighted by Gasteiger charge is -2.14. The van der Waals surface area contributed by atoms with Crippen LogP contribution in [0.25, 0.3) is 0 Å². The topological polar surface area (TPSA) is 79.4 Å². The van der Waals surface area contributed by atoms with Gasteiger partial charge in [-0.3, -0.25) is 4.79 Å². The number of amides is 1. The zero-order valence-corrected chi connectivity index (χ0v) is 12.8. The summed E-state index contributed by atoms with van der Waals surface area (Å²) in [5, 5.41) is 6.03. The molecule has 0 saturated carbocycles. The molecule has 0 aromatic carbocycles. The molecule has 21 heavy (non-hydrogen) atoms. The number of anilines is 2. The van der Waals surface area contributed by atoms with Gasteiger partial charge in [-0.1, -0.05) is 0 Å². The van der Waals surface area contributed by atoms with Crippen LogP contribution in [-0.2, 0) is 9.53 Å². The van der Waals surface area contributed by atoms with E-state index in [1.807, 2.05) is 32.0 Å². The van der Waals surface area contributed by atoms with Crippen LogP contribution in [0.1, 0.15) is 12.1 Å². The number of aromatic nitrogens is 2. The highest BCUT2D eigenvalue weighted by Gasteiger charge is 2.22. The Kier molecular flexibility index (Phi) is 5.32. The van der Waals surface area contributed by atoms with E-state index in [2.05, 4.69) is 20.6 Å². The summed E-state index contributed by atoms with van der Waals surface area (Å²) in [5.74, 6) is 1.50. The highest BCUT2D eigenvalue weighted by atomic mass is 16.5. The number of nitrogens with zero attached hydrogens (tertiary/aromatic N) is 3. The van der Waals surface area contributed by atoms with Gasteiger partial charge in [0.1, 0.15) is 5.82 Å². The molecule has 2 rings (SSSR count). The zero-order chi connectivity index (χ0) is 15.2. The van der Waals surface area contributed by atoms with E-state index in [-0.39, 0.29) is 11.8 Å².